The van der Waals surface area contributed by atoms with Crippen LogP contribution in [-0.2, 0) is 24.4 Å². The van der Waals surface area contributed by atoms with E-state index in [1.54, 1.807) is 12.1 Å². The highest BCUT2D eigenvalue weighted by atomic mass is 32.2. The fraction of sp³-hybridized carbons (Fsp3) is 0.263. The first kappa shape index (κ1) is 22.5. The molecule has 0 heterocycles. The van der Waals surface area contributed by atoms with E-state index in [1.807, 2.05) is 30.3 Å². The van der Waals surface area contributed by atoms with Crippen molar-refractivity contribution in [3.05, 3.63) is 54.6 Å². The zero-order valence-electron chi connectivity index (χ0n) is 16.0. The molecule has 2 rings (SSSR count). The molecule has 0 aliphatic carbocycles. The largest absolute Gasteiger partial charge is 0.356 e. The number of carbonyl (C=O) groups is 2. The van der Waals surface area contributed by atoms with Crippen LogP contribution in [0.5, 0.6) is 0 Å². The molecule has 10 heteroatoms. The Morgan fingerprint density at radius 2 is 1.66 bits per heavy atom. The maximum absolute atomic E-state index is 13.0. The van der Waals surface area contributed by atoms with E-state index in [4.69, 9.17) is 10.0 Å². The van der Waals surface area contributed by atoms with E-state index in [0.717, 1.165) is 18.2 Å². The number of sulfonamides is 1. The predicted molar refractivity (Wildman–Crippen MR) is 105 cm³/mol. The molecule has 0 aromatic heterocycles. The Kier molecular flexibility index (Phi) is 7.85. The van der Waals surface area contributed by atoms with Crippen LogP contribution < -0.4 is 10.8 Å². The molecule has 9 nitrogen and oxygen atoms in total. The molecule has 2 aromatic rings. The Morgan fingerprint density at radius 1 is 1.07 bits per heavy atom. The Bertz CT molecular complexity index is 932. The number of hydrogen-bond acceptors (Lipinski definition) is 6. The summed E-state index contributed by atoms with van der Waals surface area (Å²) in [4.78, 5) is 28.0. The molecule has 0 fully saturated rings. The van der Waals surface area contributed by atoms with Gasteiger partial charge in [0.05, 0.1) is 12.0 Å². The number of benzene rings is 2. The Labute approximate surface area is 169 Å². The normalized spacial score (nSPS) is 12.4. The number of nitrogens with zero attached hydrogens (tertiary/aromatic N) is 1. The van der Waals surface area contributed by atoms with E-state index < -0.39 is 22.0 Å². The zero-order valence-corrected chi connectivity index (χ0v) is 16.8. The summed E-state index contributed by atoms with van der Waals surface area (Å²) >= 11 is 0. The minimum atomic E-state index is -4.23. The van der Waals surface area contributed by atoms with E-state index >= 15 is 0 Å². The van der Waals surface area contributed by atoms with Crippen molar-refractivity contribution < 1.29 is 28.1 Å². The van der Waals surface area contributed by atoms with Gasteiger partial charge in [-0.25, -0.2) is 13.9 Å². The lowest BCUT2D eigenvalue weighted by Gasteiger charge is -2.27. The third-order valence-electron chi connectivity index (χ3n) is 4.14. The van der Waals surface area contributed by atoms with Gasteiger partial charge < -0.3 is 5.32 Å². The number of rotatable bonds is 9. The maximum atomic E-state index is 13.0. The highest BCUT2D eigenvalue weighted by Crippen LogP contribution is 2.24. The molecule has 156 valence electrons. The van der Waals surface area contributed by atoms with E-state index in [-0.39, 0.29) is 23.8 Å². The Balaban J connectivity index is 2.30. The van der Waals surface area contributed by atoms with Crippen LogP contribution in [0.2, 0.25) is 0 Å². The van der Waals surface area contributed by atoms with Gasteiger partial charge in [-0.05, 0) is 29.7 Å². The fourth-order valence-electron chi connectivity index (χ4n) is 2.74. The zero-order chi connectivity index (χ0) is 21.4. The summed E-state index contributed by atoms with van der Waals surface area (Å²) in [6.07, 6.45) is -0.110. The van der Waals surface area contributed by atoms with Gasteiger partial charge in [0.25, 0.3) is 15.9 Å². The monoisotopic (exact) mass is 421 g/mol. The van der Waals surface area contributed by atoms with Crippen molar-refractivity contribution in [3.8, 4) is 11.1 Å². The number of hydrogen-bond donors (Lipinski definition) is 3. The average molecular weight is 421 g/mol. The van der Waals surface area contributed by atoms with E-state index in [2.05, 4.69) is 5.32 Å². The number of nitrogens with one attached hydrogen (secondary N) is 2. The molecule has 1 atom stereocenters. The van der Waals surface area contributed by atoms with E-state index in [9.17, 15) is 18.0 Å². The summed E-state index contributed by atoms with van der Waals surface area (Å²) in [5, 5.41) is 11.5. The molecule has 0 aliphatic rings. The lowest BCUT2D eigenvalue weighted by atomic mass is 10.1. The predicted octanol–water partition coefficient (Wildman–Crippen LogP) is 1.31. The van der Waals surface area contributed by atoms with E-state index in [0.29, 0.717) is 4.47 Å². The van der Waals surface area contributed by atoms with Gasteiger partial charge in [-0.1, -0.05) is 46.9 Å². The van der Waals surface area contributed by atoms with Crippen LogP contribution in [0.15, 0.2) is 59.5 Å². The Hall–Kier alpha value is -2.79. The van der Waals surface area contributed by atoms with Gasteiger partial charge in [-0.15, -0.1) is 0 Å². The summed E-state index contributed by atoms with van der Waals surface area (Å²) in [5.41, 5.74) is 3.18. The van der Waals surface area contributed by atoms with Gasteiger partial charge in [0.2, 0.25) is 5.91 Å². The summed E-state index contributed by atoms with van der Waals surface area (Å²) in [6, 6.07) is 14.1. The summed E-state index contributed by atoms with van der Waals surface area (Å²) in [6.45, 7) is 1.30. The standard InChI is InChI=1S/C19H23N3O6S/c1-14(23)20-13-12-18(19(24)21-25)22(28-2)29(26,27)17-10-8-16(9-11-17)15-6-4-3-5-7-15/h3-11,18,25H,12-13H2,1-2H3,(H,20,23)(H,21,24)/t18-/m1/s1. The van der Waals surface area contributed by atoms with Crippen molar-refractivity contribution in [1.82, 2.24) is 15.3 Å². The molecule has 3 N–H and O–H groups in total. The highest BCUT2D eigenvalue weighted by Gasteiger charge is 2.36. The first-order valence-electron chi connectivity index (χ1n) is 8.73. The van der Waals surface area contributed by atoms with Crippen LogP contribution in [0.4, 0.5) is 0 Å². The molecule has 0 saturated heterocycles. The van der Waals surface area contributed by atoms with Gasteiger partial charge in [0.15, 0.2) is 0 Å². The molecule has 0 radical (unpaired) electrons. The first-order chi connectivity index (χ1) is 13.8. The molecule has 0 unspecified atom stereocenters. The number of hydroxylamine groups is 2. The van der Waals surface area contributed by atoms with E-state index in [1.165, 1.54) is 24.5 Å². The average Bonchev–Trinajstić information content (AvgIpc) is 2.73. The highest BCUT2D eigenvalue weighted by molar-refractivity contribution is 7.89. The van der Waals surface area contributed by atoms with Crippen LogP contribution in [0.3, 0.4) is 0 Å². The van der Waals surface area contributed by atoms with Crippen LogP contribution in [-0.4, -0.2) is 49.6 Å². The Morgan fingerprint density at radius 3 is 2.17 bits per heavy atom. The first-order valence-corrected chi connectivity index (χ1v) is 10.2. The van der Waals surface area contributed by atoms with Gasteiger partial charge in [-0.3, -0.25) is 19.6 Å². The van der Waals surface area contributed by atoms with Crippen LogP contribution in [0.1, 0.15) is 13.3 Å². The summed E-state index contributed by atoms with van der Waals surface area (Å²) < 4.78 is 26.6. The van der Waals surface area contributed by atoms with Gasteiger partial charge in [0, 0.05) is 13.5 Å². The third kappa shape index (κ3) is 5.61. The molecule has 0 spiro atoms. The quantitative estimate of drug-likeness (QED) is 0.414. The van der Waals surface area contributed by atoms with Crippen LogP contribution >= 0.6 is 0 Å². The summed E-state index contributed by atoms with van der Waals surface area (Å²) in [5.74, 6) is -1.32. The van der Waals surface area contributed by atoms with Crippen LogP contribution in [0.25, 0.3) is 11.1 Å². The molecule has 2 aromatic carbocycles. The minimum absolute atomic E-state index is 0.00967. The van der Waals surface area contributed by atoms with Gasteiger partial charge in [-0.2, -0.15) is 0 Å². The molecule has 0 saturated carbocycles. The van der Waals surface area contributed by atoms with Crippen molar-refractivity contribution in [2.24, 2.45) is 0 Å². The van der Waals surface area contributed by atoms with Crippen LogP contribution in [0, 0.1) is 0 Å². The second-order valence-electron chi connectivity index (χ2n) is 6.10. The van der Waals surface area contributed by atoms with Crippen molar-refractivity contribution in [2.75, 3.05) is 13.7 Å². The lowest BCUT2D eigenvalue weighted by Crippen LogP contribution is -2.49. The van der Waals surface area contributed by atoms with Crippen molar-refractivity contribution in [2.45, 2.75) is 24.3 Å². The SMILES string of the molecule is CON([C@H](CCNC(C)=O)C(=O)NO)S(=O)(=O)c1ccc(-c2ccccc2)cc1. The molecule has 0 bridgehead atoms. The topological polar surface area (TPSA) is 125 Å². The molecular formula is C19H23N3O6S. The molecule has 29 heavy (non-hydrogen) atoms. The molecule has 0 aliphatic heterocycles. The summed E-state index contributed by atoms with van der Waals surface area (Å²) in [7, 11) is -3.13. The van der Waals surface area contributed by atoms with Crippen molar-refractivity contribution in [1.29, 1.82) is 0 Å². The molecule has 2 amide bonds. The second-order valence-corrected chi connectivity index (χ2v) is 7.88. The molecular weight excluding hydrogens is 398 g/mol. The maximum Gasteiger partial charge on any atom is 0.265 e. The fourth-order valence-corrected chi connectivity index (χ4v) is 4.16. The third-order valence-corrected chi connectivity index (χ3v) is 5.88. The second kappa shape index (κ2) is 10.1. The minimum Gasteiger partial charge on any atom is -0.356 e. The number of amides is 2. The van der Waals surface area contributed by atoms with Crippen molar-refractivity contribution >= 4 is 21.8 Å². The lowest BCUT2D eigenvalue weighted by molar-refractivity contribution is -0.148. The number of carbonyl (C=O) groups excluding carboxylic acids is 2. The van der Waals surface area contributed by atoms with Gasteiger partial charge in [0.1, 0.15) is 6.04 Å². The smallest absolute Gasteiger partial charge is 0.265 e. The van der Waals surface area contributed by atoms with Gasteiger partial charge >= 0.3 is 0 Å². The van der Waals surface area contributed by atoms with Crippen molar-refractivity contribution in [3.63, 3.8) is 0 Å².